The molecule has 0 spiro atoms. The fourth-order valence-electron chi connectivity index (χ4n) is 5.03. The third kappa shape index (κ3) is 33.1. The van der Waals surface area contributed by atoms with Crippen molar-refractivity contribution in [1.29, 1.82) is 0 Å². The molecular weight excluding hydrogens is 661 g/mol. The molecule has 0 rings (SSSR count). The molecule has 4 N–H and O–H groups in total. The number of phosphoric ester groups is 1. The number of phosphoric acid groups is 1. The van der Waals surface area contributed by atoms with E-state index in [0.29, 0.717) is 12.8 Å². The number of carbonyl (C=O) groups excluding carboxylic acids is 2. The second kappa shape index (κ2) is 34.1. The van der Waals surface area contributed by atoms with Gasteiger partial charge in [-0.15, -0.1) is 0 Å². The van der Waals surface area contributed by atoms with Crippen LogP contribution in [-0.2, 0) is 37.5 Å². The lowest BCUT2D eigenvalue weighted by Crippen LogP contribution is -2.34. The van der Waals surface area contributed by atoms with Gasteiger partial charge in [0, 0.05) is 12.8 Å². The first kappa shape index (κ1) is 48.0. The van der Waals surface area contributed by atoms with Crippen molar-refractivity contribution in [3.8, 4) is 0 Å². The Morgan fingerprint density at radius 1 is 0.600 bits per heavy atom. The van der Waals surface area contributed by atoms with Gasteiger partial charge in [-0.25, -0.2) is 4.57 Å². The highest BCUT2D eigenvalue weighted by atomic mass is 31.2. The Morgan fingerprint density at radius 3 is 1.46 bits per heavy atom. The van der Waals surface area contributed by atoms with Crippen LogP contribution in [0.5, 0.6) is 0 Å². The van der Waals surface area contributed by atoms with Gasteiger partial charge in [0.15, 0.2) is 6.10 Å². The molecule has 50 heavy (non-hydrogen) atoms. The topological polar surface area (TPSA) is 172 Å². The van der Waals surface area contributed by atoms with Crippen molar-refractivity contribution >= 4 is 25.7 Å². The van der Waals surface area contributed by atoms with Crippen LogP contribution in [0, 0.1) is 0 Å². The second-order valence-corrected chi connectivity index (χ2v) is 14.5. The van der Waals surface area contributed by atoms with Crippen LogP contribution >= 0.6 is 7.82 Å². The van der Waals surface area contributed by atoms with E-state index in [9.17, 15) is 23.8 Å². The SMILES string of the molecule is CCCC/C=C/CCCCCCCCCCCC(=O)O[C@H](COC(=O)CCCCCCC/C=C/CCCC)COP(=O)(O)OC[C@H](N)C(=O)O. The molecule has 0 aromatic carbocycles. The van der Waals surface area contributed by atoms with E-state index in [1.54, 1.807) is 0 Å². The van der Waals surface area contributed by atoms with Crippen LogP contribution in [0.3, 0.4) is 0 Å². The number of hydrogen-bond donors (Lipinski definition) is 3. The van der Waals surface area contributed by atoms with Gasteiger partial charge in [-0.1, -0.05) is 128 Å². The third-order valence-electron chi connectivity index (χ3n) is 8.17. The Morgan fingerprint density at radius 2 is 1.00 bits per heavy atom. The van der Waals surface area contributed by atoms with Gasteiger partial charge < -0.3 is 25.2 Å². The van der Waals surface area contributed by atoms with Crippen LogP contribution in [-0.4, -0.2) is 59.9 Å². The minimum atomic E-state index is -4.71. The van der Waals surface area contributed by atoms with Crippen molar-refractivity contribution in [3.05, 3.63) is 24.3 Å². The predicted octanol–water partition coefficient (Wildman–Crippen LogP) is 9.50. The van der Waals surface area contributed by atoms with Crippen molar-refractivity contribution in [2.75, 3.05) is 19.8 Å². The summed E-state index contributed by atoms with van der Waals surface area (Å²) in [6, 6.07) is -1.52. The van der Waals surface area contributed by atoms with Crippen LogP contribution in [0.2, 0.25) is 0 Å². The molecule has 0 aromatic rings. The standard InChI is InChI=1S/C38H70NO10P/c1-3-5-7-9-11-13-15-16-17-18-20-22-24-26-28-30-37(41)49-34(32-47-50(44,45)48-33-35(39)38(42)43)31-46-36(40)29-27-25-23-21-19-14-12-10-8-6-4-2/h9-12,34-35H,3-8,13-33,39H2,1-2H3,(H,42,43)(H,44,45)/b11-9+,12-10+/t34-,35+/m1/s1. The van der Waals surface area contributed by atoms with Crippen molar-refractivity contribution in [2.24, 2.45) is 5.73 Å². The van der Waals surface area contributed by atoms with Gasteiger partial charge in [0.05, 0.1) is 13.2 Å². The van der Waals surface area contributed by atoms with Gasteiger partial charge in [0.25, 0.3) is 0 Å². The van der Waals surface area contributed by atoms with E-state index in [0.717, 1.165) is 57.8 Å². The number of esters is 2. The van der Waals surface area contributed by atoms with Gasteiger partial charge in [-0.2, -0.15) is 0 Å². The Kier molecular flexibility index (Phi) is 32.7. The second-order valence-electron chi connectivity index (χ2n) is 13.1. The average Bonchev–Trinajstić information content (AvgIpc) is 3.09. The molecule has 0 aromatic heterocycles. The minimum Gasteiger partial charge on any atom is -0.480 e. The fraction of sp³-hybridized carbons (Fsp3) is 0.816. The number of hydrogen-bond acceptors (Lipinski definition) is 9. The summed E-state index contributed by atoms with van der Waals surface area (Å²) < 4.78 is 32.5. The third-order valence-corrected chi connectivity index (χ3v) is 9.12. The Labute approximate surface area is 302 Å². The van der Waals surface area contributed by atoms with E-state index in [-0.39, 0.29) is 19.4 Å². The summed E-state index contributed by atoms with van der Waals surface area (Å²) in [6.07, 6.45) is 32.5. The highest BCUT2D eigenvalue weighted by Gasteiger charge is 2.28. The van der Waals surface area contributed by atoms with Crippen molar-refractivity contribution in [1.82, 2.24) is 0 Å². The number of nitrogens with two attached hydrogens (primary N) is 1. The van der Waals surface area contributed by atoms with E-state index in [1.165, 1.54) is 70.6 Å². The van der Waals surface area contributed by atoms with E-state index in [4.69, 9.17) is 24.8 Å². The predicted molar refractivity (Wildman–Crippen MR) is 199 cm³/mol. The number of aliphatic carboxylic acids is 1. The lowest BCUT2D eigenvalue weighted by atomic mass is 10.1. The van der Waals surface area contributed by atoms with Crippen molar-refractivity contribution in [3.63, 3.8) is 0 Å². The summed E-state index contributed by atoms with van der Waals surface area (Å²) in [4.78, 5) is 45.7. The molecule has 0 radical (unpaired) electrons. The van der Waals surface area contributed by atoms with Crippen LogP contribution < -0.4 is 5.73 Å². The first-order chi connectivity index (χ1) is 24.1. The minimum absolute atomic E-state index is 0.158. The molecule has 0 heterocycles. The molecule has 0 aliphatic carbocycles. The van der Waals surface area contributed by atoms with E-state index in [2.05, 4.69) is 42.7 Å². The Balaban J connectivity index is 4.43. The molecular formula is C38H70NO10P. The number of unbranched alkanes of at least 4 members (excludes halogenated alkanes) is 18. The molecule has 0 saturated heterocycles. The van der Waals surface area contributed by atoms with Gasteiger partial charge in [0.1, 0.15) is 12.6 Å². The molecule has 11 nitrogen and oxygen atoms in total. The zero-order valence-corrected chi connectivity index (χ0v) is 32.1. The van der Waals surface area contributed by atoms with Crippen LogP contribution in [0.15, 0.2) is 24.3 Å². The van der Waals surface area contributed by atoms with Gasteiger partial charge in [-0.05, 0) is 51.4 Å². The number of carbonyl (C=O) groups is 3. The molecule has 1 unspecified atom stereocenters. The number of rotatable bonds is 36. The lowest BCUT2D eigenvalue weighted by molar-refractivity contribution is -0.161. The molecule has 0 bridgehead atoms. The Bertz CT molecular complexity index is 958. The lowest BCUT2D eigenvalue weighted by Gasteiger charge is -2.20. The van der Waals surface area contributed by atoms with Crippen LogP contribution in [0.25, 0.3) is 0 Å². The zero-order chi connectivity index (χ0) is 37.1. The van der Waals surface area contributed by atoms with E-state index < -0.39 is 51.1 Å². The smallest absolute Gasteiger partial charge is 0.472 e. The normalized spacial score (nSPS) is 14.2. The summed E-state index contributed by atoms with van der Waals surface area (Å²) in [5.41, 5.74) is 5.31. The molecule has 292 valence electrons. The van der Waals surface area contributed by atoms with E-state index >= 15 is 0 Å². The van der Waals surface area contributed by atoms with Crippen LogP contribution in [0.1, 0.15) is 168 Å². The molecule has 0 aliphatic rings. The summed E-state index contributed by atoms with van der Waals surface area (Å²) in [6.45, 7) is 2.71. The summed E-state index contributed by atoms with van der Waals surface area (Å²) in [5, 5.41) is 8.85. The molecule has 0 fully saturated rings. The van der Waals surface area contributed by atoms with Gasteiger partial charge >= 0.3 is 25.7 Å². The monoisotopic (exact) mass is 731 g/mol. The van der Waals surface area contributed by atoms with Crippen molar-refractivity contribution < 1.29 is 47.5 Å². The number of ether oxygens (including phenoxy) is 2. The maximum absolute atomic E-state index is 12.6. The molecule has 0 saturated carbocycles. The van der Waals surface area contributed by atoms with Gasteiger partial charge in [-0.3, -0.25) is 23.4 Å². The van der Waals surface area contributed by atoms with Crippen molar-refractivity contribution in [2.45, 2.75) is 180 Å². The van der Waals surface area contributed by atoms with Gasteiger partial charge in [0.2, 0.25) is 0 Å². The largest absolute Gasteiger partial charge is 0.480 e. The fourth-order valence-corrected chi connectivity index (χ4v) is 5.80. The first-order valence-electron chi connectivity index (χ1n) is 19.4. The number of allylic oxidation sites excluding steroid dienone is 4. The molecule has 3 atom stereocenters. The van der Waals surface area contributed by atoms with E-state index in [1.807, 2.05) is 0 Å². The highest BCUT2D eigenvalue weighted by Crippen LogP contribution is 2.43. The summed E-state index contributed by atoms with van der Waals surface area (Å²) >= 11 is 0. The maximum Gasteiger partial charge on any atom is 0.472 e. The molecule has 0 aliphatic heterocycles. The first-order valence-corrected chi connectivity index (χ1v) is 20.9. The Hall–Kier alpha value is -2.04. The average molecular weight is 732 g/mol. The summed E-state index contributed by atoms with van der Waals surface area (Å²) in [7, 11) is -4.71. The molecule has 12 heteroatoms. The van der Waals surface area contributed by atoms with Crippen LogP contribution in [0.4, 0.5) is 0 Å². The zero-order valence-electron chi connectivity index (χ0n) is 31.2. The highest BCUT2D eigenvalue weighted by molar-refractivity contribution is 7.47. The maximum atomic E-state index is 12.6. The molecule has 0 amide bonds. The summed E-state index contributed by atoms with van der Waals surface area (Å²) in [5.74, 6) is -2.39. The quantitative estimate of drug-likeness (QED) is 0.0242. The number of carboxylic acids is 1. The number of carboxylic acid groups (broad SMARTS) is 1.